The number of aliphatic hydroxyl groups excluding tert-OH is 1. The monoisotopic (exact) mass is 221 g/mol. The molecule has 0 radical (unpaired) electrons. The van der Waals surface area contributed by atoms with Crippen LogP contribution in [-0.4, -0.2) is 11.2 Å². The van der Waals surface area contributed by atoms with Crippen molar-refractivity contribution in [2.45, 2.75) is 52.2 Å². The molecule has 0 aliphatic heterocycles. The number of unbranched alkanes of at least 4 members (excludes halogenated alkanes) is 1. The van der Waals surface area contributed by atoms with Gasteiger partial charge in [-0.2, -0.15) is 0 Å². The molecule has 0 bridgehead atoms. The van der Waals surface area contributed by atoms with Gasteiger partial charge in [0.1, 0.15) is 0 Å². The van der Waals surface area contributed by atoms with Gasteiger partial charge in [-0.05, 0) is 37.0 Å². The summed E-state index contributed by atoms with van der Waals surface area (Å²) in [5, 5.41) is 10.0. The fourth-order valence-electron chi connectivity index (χ4n) is 2.14. The predicted octanol–water partition coefficient (Wildman–Crippen LogP) is 2.85. The largest absolute Gasteiger partial charge is 0.391 e. The molecule has 90 valence electrons. The van der Waals surface area contributed by atoms with E-state index in [9.17, 15) is 5.11 Å². The first-order valence-corrected chi connectivity index (χ1v) is 6.07. The minimum Gasteiger partial charge on any atom is -0.391 e. The summed E-state index contributed by atoms with van der Waals surface area (Å²) < 4.78 is 0. The van der Waals surface area contributed by atoms with Crippen LogP contribution in [0.15, 0.2) is 18.2 Å². The third-order valence-electron chi connectivity index (χ3n) is 3.14. The fraction of sp³-hybridized carbons (Fsp3) is 0.571. The van der Waals surface area contributed by atoms with Gasteiger partial charge in [0.2, 0.25) is 0 Å². The number of aryl methyl sites for hydroxylation is 2. The molecule has 16 heavy (non-hydrogen) atoms. The van der Waals surface area contributed by atoms with Crippen molar-refractivity contribution in [1.29, 1.82) is 0 Å². The van der Waals surface area contributed by atoms with E-state index in [-0.39, 0.29) is 6.04 Å². The summed E-state index contributed by atoms with van der Waals surface area (Å²) in [5.74, 6) is 0. The summed E-state index contributed by atoms with van der Waals surface area (Å²) in [6, 6.07) is 5.87. The number of rotatable bonds is 5. The van der Waals surface area contributed by atoms with Crippen LogP contribution in [0.4, 0.5) is 0 Å². The van der Waals surface area contributed by atoms with Crippen LogP contribution in [0.1, 0.15) is 48.9 Å². The highest BCUT2D eigenvalue weighted by Gasteiger charge is 2.19. The zero-order chi connectivity index (χ0) is 12.1. The second-order valence-electron chi connectivity index (χ2n) is 4.54. The third-order valence-corrected chi connectivity index (χ3v) is 3.14. The van der Waals surface area contributed by atoms with Crippen molar-refractivity contribution in [3.63, 3.8) is 0 Å². The minimum atomic E-state index is -0.431. The number of aliphatic hydroxyl groups is 1. The molecule has 0 unspecified atom stereocenters. The lowest BCUT2D eigenvalue weighted by Crippen LogP contribution is -2.27. The molecular formula is C14H23NO. The average molecular weight is 221 g/mol. The standard InChI is InChI=1S/C14H23NO/c1-4-5-9-12(16)14(15)13-10(2)7-6-8-11(13)3/h6-8,12,14,16H,4-5,9,15H2,1-3H3/t12-,14-/m0/s1. The summed E-state index contributed by atoms with van der Waals surface area (Å²) in [4.78, 5) is 0. The smallest absolute Gasteiger partial charge is 0.0733 e. The number of nitrogens with two attached hydrogens (primary N) is 1. The normalized spacial score (nSPS) is 14.8. The summed E-state index contributed by atoms with van der Waals surface area (Å²) in [6.07, 6.45) is 2.47. The number of hydrogen-bond acceptors (Lipinski definition) is 2. The van der Waals surface area contributed by atoms with Crippen molar-refractivity contribution in [3.8, 4) is 0 Å². The van der Waals surface area contributed by atoms with Crippen molar-refractivity contribution in [3.05, 3.63) is 34.9 Å². The van der Waals surface area contributed by atoms with E-state index in [2.05, 4.69) is 32.9 Å². The second-order valence-corrected chi connectivity index (χ2v) is 4.54. The van der Waals surface area contributed by atoms with E-state index in [0.717, 1.165) is 24.8 Å². The Hall–Kier alpha value is -0.860. The Bertz CT molecular complexity index is 315. The van der Waals surface area contributed by atoms with Gasteiger partial charge in [-0.25, -0.2) is 0 Å². The van der Waals surface area contributed by atoms with Crippen molar-refractivity contribution >= 4 is 0 Å². The highest BCUT2D eigenvalue weighted by Crippen LogP contribution is 2.24. The number of benzene rings is 1. The van der Waals surface area contributed by atoms with Crippen LogP contribution in [0.3, 0.4) is 0 Å². The van der Waals surface area contributed by atoms with Crippen molar-refractivity contribution in [2.75, 3.05) is 0 Å². The van der Waals surface area contributed by atoms with Crippen LogP contribution in [0.25, 0.3) is 0 Å². The Morgan fingerprint density at radius 1 is 1.25 bits per heavy atom. The summed E-state index contributed by atoms with van der Waals surface area (Å²) in [6.45, 7) is 6.22. The second kappa shape index (κ2) is 6.02. The first-order valence-electron chi connectivity index (χ1n) is 6.07. The molecule has 0 aromatic heterocycles. The molecule has 1 rings (SSSR count). The van der Waals surface area contributed by atoms with E-state index in [0.29, 0.717) is 0 Å². The van der Waals surface area contributed by atoms with Crippen LogP contribution >= 0.6 is 0 Å². The van der Waals surface area contributed by atoms with Gasteiger partial charge in [0.05, 0.1) is 12.1 Å². The topological polar surface area (TPSA) is 46.2 Å². The Kier molecular flexibility index (Phi) is 4.97. The molecule has 2 nitrogen and oxygen atoms in total. The van der Waals surface area contributed by atoms with Crippen LogP contribution in [0, 0.1) is 13.8 Å². The van der Waals surface area contributed by atoms with E-state index in [4.69, 9.17) is 5.73 Å². The highest BCUT2D eigenvalue weighted by atomic mass is 16.3. The summed E-state index contributed by atoms with van der Waals surface area (Å²) in [5.41, 5.74) is 9.57. The maximum Gasteiger partial charge on any atom is 0.0733 e. The quantitative estimate of drug-likeness (QED) is 0.803. The lowest BCUT2D eigenvalue weighted by Gasteiger charge is -2.22. The van der Waals surface area contributed by atoms with Gasteiger partial charge in [-0.3, -0.25) is 0 Å². The summed E-state index contributed by atoms with van der Waals surface area (Å²) in [7, 11) is 0. The lowest BCUT2D eigenvalue weighted by atomic mass is 9.91. The highest BCUT2D eigenvalue weighted by molar-refractivity contribution is 5.36. The molecule has 0 heterocycles. The minimum absolute atomic E-state index is 0.257. The Labute approximate surface area is 98.5 Å². The summed E-state index contributed by atoms with van der Waals surface area (Å²) >= 11 is 0. The van der Waals surface area contributed by atoms with Gasteiger partial charge < -0.3 is 10.8 Å². The van der Waals surface area contributed by atoms with Crippen molar-refractivity contribution in [2.24, 2.45) is 5.73 Å². The first kappa shape index (κ1) is 13.2. The molecule has 0 saturated heterocycles. The molecule has 0 saturated carbocycles. The van der Waals surface area contributed by atoms with E-state index < -0.39 is 6.10 Å². The molecule has 3 N–H and O–H groups in total. The molecule has 0 fully saturated rings. The average Bonchev–Trinajstić information content (AvgIpc) is 2.25. The van der Waals surface area contributed by atoms with Gasteiger partial charge in [-0.1, -0.05) is 38.0 Å². The van der Waals surface area contributed by atoms with Crippen LogP contribution in [0.2, 0.25) is 0 Å². The molecule has 0 spiro atoms. The van der Waals surface area contributed by atoms with Gasteiger partial charge >= 0.3 is 0 Å². The number of hydrogen-bond donors (Lipinski definition) is 2. The lowest BCUT2D eigenvalue weighted by molar-refractivity contribution is 0.132. The van der Waals surface area contributed by atoms with Gasteiger partial charge in [0, 0.05) is 0 Å². The Morgan fingerprint density at radius 2 is 1.81 bits per heavy atom. The van der Waals surface area contributed by atoms with Crippen LogP contribution < -0.4 is 5.73 Å². The molecule has 2 heteroatoms. The molecule has 0 amide bonds. The molecule has 1 aromatic carbocycles. The van der Waals surface area contributed by atoms with E-state index >= 15 is 0 Å². The Balaban J connectivity index is 2.82. The van der Waals surface area contributed by atoms with Crippen LogP contribution in [0.5, 0.6) is 0 Å². The zero-order valence-corrected chi connectivity index (χ0v) is 10.5. The zero-order valence-electron chi connectivity index (χ0n) is 10.5. The fourth-order valence-corrected chi connectivity index (χ4v) is 2.14. The maximum atomic E-state index is 10.0. The van der Waals surface area contributed by atoms with Gasteiger partial charge in [-0.15, -0.1) is 0 Å². The van der Waals surface area contributed by atoms with E-state index in [1.165, 1.54) is 11.1 Å². The SMILES string of the molecule is CCCC[C@H](O)[C@H](N)c1c(C)cccc1C. The predicted molar refractivity (Wildman–Crippen MR) is 68.4 cm³/mol. The van der Waals surface area contributed by atoms with Crippen LogP contribution in [-0.2, 0) is 0 Å². The maximum absolute atomic E-state index is 10.0. The molecule has 0 aliphatic rings. The van der Waals surface area contributed by atoms with Gasteiger partial charge in [0.15, 0.2) is 0 Å². The Morgan fingerprint density at radius 3 is 2.31 bits per heavy atom. The third kappa shape index (κ3) is 3.06. The molecular weight excluding hydrogens is 198 g/mol. The first-order chi connectivity index (χ1) is 7.57. The van der Waals surface area contributed by atoms with Gasteiger partial charge in [0.25, 0.3) is 0 Å². The van der Waals surface area contributed by atoms with E-state index in [1.807, 2.05) is 6.07 Å². The van der Waals surface area contributed by atoms with Crippen molar-refractivity contribution < 1.29 is 5.11 Å². The molecule has 0 aliphatic carbocycles. The molecule has 2 atom stereocenters. The van der Waals surface area contributed by atoms with Crippen molar-refractivity contribution in [1.82, 2.24) is 0 Å². The molecule has 1 aromatic rings. The van der Waals surface area contributed by atoms with E-state index in [1.54, 1.807) is 0 Å².